The maximum absolute atomic E-state index is 12.1. The summed E-state index contributed by atoms with van der Waals surface area (Å²) in [7, 11) is 0. The molecule has 0 aromatic carbocycles. The van der Waals surface area contributed by atoms with Crippen LogP contribution in [-0.4, -0.2) is 28.1 Å². The van der Waals surface area contributed by atoms with Gasteiger partial charge in [0.1, 0.15) is 0 Å². The molecule has 0 saturated carbocycles. The van der Waals surface area contributed by atoms with Crippen LogP contribution >= 0.6 is 0 Å². The van der Waals surface area contributed by atoms with Gasteiger partial charge < -0.3 is 5.32 Å². The van der Waals surface area contributed by atoms with Gasteiger partial charge in [0.2, 0.25) is 5.91 Å². The molecule has 0 aliphatic carbocycles. The van der Waals surface area contributed by atoms with Crippen LogP contribution in [0, 0.1) is 5.41 Å². The third-order valence-corrected chi connectivity index (χ3v) is 3.08. The number of amides is 1. The predicted molar refractivity (Wildman–Crippen MR) is 67.1 cm³/mol. The van der Waals surface area contributed by atoms with Crippen molar-refractivity contribution in [2.45, 2.75) is 72.6 Å². The Kier molecular flexibility index (Phi) is 2.92. The molecule has 1 aliphatic rings. The van der Waals surface area contributed by atoms with Crippen molar-refractivity contribution in [1.82, 2.24) is 10.2 Å². The Morgan fingerprint density at radius 2 is 1.56 bits per heavy atom. The third kappa shape index (κ3) is 2.24. The molecule has 1 aliphatic heterocycles. The normalized spacial score (nSPS) is 27.0. The van der Waals surface area contributed by atoms with E-state index in [4.69, 9.17) is 0 Å². The fourth-order valence-corrected chi connectivity index (χ4v) is 2.88. The van der Waals surface area contributed by atoms with Gasteiger partial charge in [0.25, 0.3) is 0 Å². The zero-order valence-electron chi connectivity index (χ0n) is 11.9. The van der Waals surface area contributed by atoms with E-state index in [0.717, 1.165) is 0 Å². The molecule has 3 nitrogen and oxygen atoms in total. The summed E-state index contributed by atoms with van der Waals surface area (Å²) >= 11 is 0. The summed E-state index contributed by atoms with van der Waals surface area (Å²) in [5, 5.41) is 3.09. The highest BCUT2D eigenvalue weighted by molar-refractivity contribution is 5.85. The van der Waals surface area contributed by atoms with Gasteiger partial charge in [-0.3, -0.25) is 9.69 Å². The Balaban J connectivity index is 3.21. The van der Waals surface area contributed by atoms with E-state index < -0.39 is 0 Å². The van der Waals surface area contributed by atoms with Crippen LogP contribution in [0.3, 0.4) is 0 Å². The summed E-state index contributed by atoms with van der Waals surface area (Å²) < 4.78 is 0. The van der Waals surface area contributed by atoms with Gasteiger partial charge in [0.05, 0.1) is 11.7 Å². The largest absolute Gasteiger partial charge is 0.337 e. The quantitative estimate of drug-likeness (QED) is 0.688. The van der Waals surface area contributed by atoms with Gasteiger partial charge in [-0.2, -0.15) is 0 Å². The lowest BCUT2D eigenvalue weighted by Crippen LogP contribution is -2.59. The minimum atomic E-state index is -0.271. The first-order chi connectivity index (χ1) is 6.87. The van der Waals surface area contributed by atoms with E-state index in [2.05, 4.69) is 65.6 Å². The van der Waals surface area contributed by atoms with Crippen LogP contribution < -0.4 is 5.32 Å². The van der Waals surface area contributed by atoms with Crippen LogP contribution in [0.1, 0.15) is 55.4 Å². The Hall–Kier alpha value is -0.570. The van der Waals surface area contributed by atoms with Crippen molar-refractivity contribution >= 4 is 5.91 Å². The second-order valence-electron chi connectivity index (χ2n) is 7.36. The molecule has 1 rings (SSSR count). The number of nitrogens with one attached hydrogen (secondary N) is 1. The average Bonchev–Trinajstić information content (AvgIpc) is 2.16. The first-order valence-corrected chi connectivity index (χ1v) is 5.99. The van der Waals surface area contributed by atoms with Crippen molar-refractivity contribution in [3.05, 3.63) is 0 Å². The molecule has 1 heterocycles. The Bertz CT molecular complexity index is 294. The van der Waals surface area contributed by atoms with E-state index in [1.54, 1.807) is 0 Å². The second-order valence-corrected chi connectivity index (χ2v) is 7.36. The highest BCUT2D eigenvalue weighted by atomic mass is 16.2. The summed E-state index contributed by atoms with van der Waals surface area (Å²) in [6.07, 6.45) is 0. The molecule has 0 bridgehead atoms. The molecule has 0 aromatic rings. The molecule has 0 radical (unpaired) electrons. The molecule has 0 aromatic heterocycles. The van der Waals surface area contributed by atoms with Crippen LogP contribution in [0.4, 0.5) is 0 Å². The topological polar surface area (TPSA) is 32.3 Å². The van der Waals surface area contributed by atoms with Gasteiger partial charge in [0, 0.05) is 5.54 Å². The number of nitrogens with zero attached hydrogens (tertiary/aromatic N) is 1. The van der Waals surface area contributed by atoms with E-state index in [1.165, 1.54) is 0 Å². The van der Waals surface area contributed by atoms with Crippen LogP contribution in [0.5, 0.6) is 0 Å². The summed E-state index contributed by atoms with van der Waals surface area (Å²) in [6, 6.07) is -0.0671. The zero-order chi connectivity index (χ0) is 12.9. The van der Waals surface area contributed by atoms with E-state index in [0.29, 0.717) is 0 Å². The van der Waals surface area contributed by atoms with Crippen molar-refractivity contribution < 1.29 is 4.79 Å². The van der Waals surface area contributed by atoms with Crippen molar-refractivity contribution in [2.24, 2.45) is 5.41 Å². The molecule has 1 unspecified atom stereocenters. The first-order valence-electron chi connectivity index (χ1n) is 5.99. The van der Waals surface area contributed by atoms with Gasteiger partial charge in [-0.15, -0.1) is 0 Å². The van der Waals surface area contributed by atoms with Crippen molar-refractivity contribution in [3.8, 4) is 0 Å². The molecule has 1 N–H and O–H groups in total. The fourth-order valence-electron chi connectivity index (χ4n) is 2.88. The molecule has 1 saturated heterocycles. The molecule has 16 heavy (non-hydrogen) atoms. The first kappa shape index (κ1) is 13.5. The molecular weight excluding hydrogens is 200 g/mol. The third-order valence-electron chi connectivity index (χ3n) is 3.08. The molecule has 94 valence electrons. The lowest BCUT2D eigenvalue weighted by atomic mass is 9.83. The van der Waals surface area contributed by atoms with Crippen LogP contribution in [0.15, 0.2) is 0 Å². The van der Waals surface area contributed by atoms with Crippen molar-refractivity contribution in [1.29, 1.82) is 0 Å². The molecule has 0 spiro atoms. The Labute approximate surface area is 99.6 Å². The number of carbonyl (C=O) groups is 1. The zero-order valence-corrected chi connectivity index (χ0v) is 11.9. The van der Waals surface area contributed by atoms with E-state index >= 15 is 0 Å². The van der Waals surface area contributed by atoms with Gasteiger partial charge >= 0.3 is 0 Å². The van der Waals surface area contributed by atoms with Gasteiger partial charge in [-0.25, -0.2) is 0 Å². The SMILES string of the molecule is CC(C)(C)C1C(=O)NC(C)(C)N1C(C)(C)C. The maximum Gasteiger partial charge on any atom is 0.239 e. The molecule has 1 fully saturated rings. The minimum Gasteiger partial charge on any atom is -0.337 e. The van der Waals surface area contributed by atoms with Gasteiger partial charge in [0.15, 0.2) is 0 Å². The van der Waals surface area contributed by atoms with Crippen LogP contribution in [0.2, 0.25) is 0 Å². The lowest BCUT2D eigenvalue weighted by molar-refractivity contribution is -0.125. The minimum absolute atomic E-state index is 0.0272. The maximum atomic E-state index is 12.1. The van der Waals surface area contributed by atoms with Crippen LogP contribution in [0.25, 0.3) is 0 Å². The number of hydrogen-bond donors (Lipinski definition) is 1. The molecule has 3 heteroatoms. The van der Waals surface area contributed by atoms with Crippen molar-refractivity contribution in [2.75, 3.05) is 0 Å². The number of carbonyl (C=O) groups excluding carboxylic acids is 1. The fraction of sp³-hybridized carbons (Fsp3) is 0.923. The lowest BCUT2D eigenvalue weighted by Gasteiger charge is -2.47. The predicted octanol–water partition coefficient (Wildman–Crippen LogP) is 2.37. The Morgan fingerprint density at radius 1 is 1.12 bits per heavy atom. The van der Waals surface area contributed by atoms with Crippen molar-refractivity contribution in [3.63, 3.8) is 0 Å². The highest BCUT2D eigenvalue weighted by Gasteiger charge is 2.53. The second kappa shape index (κ2) is 3.46. The summed E-state index contributed by atoms with van der Waals surface area (Å²) in [5.41, 5.74) is -0.348. The van der Waals surface area contributed by atoms with E-state index in [9.17, 15) is 4.79 Å². The highest BCUT2D eigenvalue weighted by Crippen LogP contribution is 2.38. The molecular formula is C13H26N2O. The molecule has 1 atom stereocenters. The van der Waals surface area contributed by atoms with E-state index in [-0.39, 0.29) is 28.6 Å². The standard InChI is InChI=1S/C13H26N2O/c1-11(2,3)9-10(16)14-13(7,8)15(9)12(4,5)6/h9H,1-8H3,(H,14,16). The summed E-state index contributed by atoms with van der Waals surface area (Å²) in [4.78, 5) is 14.4. The molecule has 1 amide bonds. The summed E-state index contributed by atoms with van der Waals surface area (Å²) in [5.74, 6) is 0.146. The monoisotopic (exact) mass is 226 g/mol. The van der Waals surface area contributed by atoms with Crippen LogP contribution in [-0.2, 0) is 4.79 Å². The van der Waals surface area contributed by atoms with Gasteiger partial charge in [-0.05, 0) is 40.0 Å². The van der Waals surface area contributed by atoms with Gasteiger partial charge in [-0.1, -0.05) is 20.8 Å². The number of hydrogen-bond acceptors (Lipinski definition) is 2. The Morgan fingerprint density at radius 3 is 1.81 bits per heavy atom. The smallest absolute Gasteiger partial charge is 0.239 e. The van der Waals surface area contributed by atoms with E-state index in [1.807, 2.05) is 0 Å². The summed E-state index contributed by atoms with van der Waals surface area (Å²) in [6.45, 7) is 17.0. The average molecular weight is 226 g/mol. The number of rotatable bonds is 0.